The molecule has 0 spiro atoms. The van der Waals surface area contributed by atoms with E-state index in [9.17, 15) is 29.1 Å². The Kier molecular flexibility index (Phi) is 14.9. The number of thioether (sulfide) groups is 1. The fourth-order valence-corrected chi connectivity index (χ4v) is 3.92. The summed E-state index contributed by atoms with van der Waals surface area (Å²) in [5, 5.41) is 16.8. The maximum atomic E-state index is 13.1. The maximum Gasteiger partial charge on any atom is 0.326 e. The first-order chi connectivity index (χ1) is 17.6. The van der Waals surface area contributed by atoms with Gasteiger partial charge in [0.25, 0.3) is 0 Å². The van der Waals surface area contributed by atoms with Crippen LogP contribution in [0.15, 0.2) is 30.3 Å². The third-order valence-electron chi connectivity index (χ3n) is 5.48. The fraction of sp³-hybridized carbons (Fsp3) is 0.542. The zero-order chi connectivity index (χ0) is 27.8. The number of amides is 4. The molecule has 0 saturated carbocycles. The number of carboxylic acid groups (broad SMARTS) is 1. The van der Waals surface area contributed by atoms with Crippen molar-refractivity contribution in [3.63, 3.8) is 0 Å². The lowest BCUT2D eigenvalue weighted by atomic mass is 10.0. The van der Waals surface area contributed by atoms with Crippen LogP contribution in [0.4, 0.5) is 0 Å². The molecule has 4 atom stereocenters. The number of unbranched alkanes of at least 4 members (excludes halogenated alkanes) is 1. The molecule has 4 amide bonds. The van der Waals surface area contributed by atoms with E-state index < -0.39 is 60.2 Å². The highest BCUT2D eigenvalue weighted by molar-refractivity contribution is 7.98. The molecule has 0 aromatic heterocycles. The Morgan fingerprint density at radius 2 is 1.46 bits per heavy atom. The van der Waals surface area contributed by atoms with Crippen LogP contribution in [-0.4, -0.2) is 77.4 Å². The summed E-state index contributed by atoms with van der Waals surface area (Å²) < 4.78 is 0. The molecule has 0 saturated heterocycles. The summed E-state index contributed by atoms with van der Waals surface area (Å²) in [5.74, 6) is -3.68. The smallest absolute Gasteiger partial charge is 0.326 e. The number of carbonyl (C=O) groups is 5. The lowest BCUT2D eigenvalue weighted by molar-refractivity contribution is -0.143. The van der Waals surface area contributed by atoms with Gasteiger partial charge in [-0.3, -0.25) is 19.2 Å². The van der Waals surface area contributed by atoms with Gasteiger partial charge < -0.3 is 38.3 Å². The Balaban J connectivity index is 2.95. The highest BCUT2D eigenvalue weighted by Gasteiger charge is 2.30. The van der Waals surface area contributed by atoms with Gasteiger partial charge in [0, 0.05) is 0 Å². The second kappa shape index (κ2) is 17.3. The van der Waals surface area contributed by atoms with Gasteiger partial charge in [-0.15, -0.1) is 0 Å². The van der Waals surface area contributed by atoms with E-state index in [0.29, 0.717) is 25.1 Å². The van der Waals surface area contributed by atoms with Gasteiger partial charge in [-0.25, -0.2) is 4.79 Å². The second-order valence-corrected chi connectivity index (χ2v) is 9.54. The molecule has 4 unspecified atom stereocenters. The van der Waals surface area contributed by atoms with E-state index in [4.69, 9.17) is 17.2 Å². The zero-order valence-corrected chi connectivity index (χ0v) is 21.8. The summed E-state index contributed by atoms with van der Waals surface area (Å²) in [6.45, 7) is 0.368. The molecule has 12 nitrogen and oxygen atoms in total. The van der Waals surface area contributed by atoms with Crippen molar-refractivity contribution in [2.24, 2.45) is 17.2 Å². The molecule has 206 valence electrons. The van der Waals surface area contributed by atoms with Gasteiger partial charge in [0.05, 0.1) is 12.5 Å². The first-order valence-electron chi connectivity index (χ1n) is 12.0. The number of nitrogens with one attached hydrogen (secondary N) is 3. The van der Waals surface area contributed by atoms with Crippen LogP contribution >= 0.6 is 11.8 Å². The third kappa shape index (κ3) is 12.6. The van der Waals surface area contributed by atoms with Gasteiger partial charge in [-0.05, 0) is 56.2 Å². The molecule has 10 N–H and O–H groups in total. The topological polar surface area (TPSA) is 220 Å². The van der Waals surface area contributed by atoms with Crippen molar-refractivity contribution in [1.82, 2.24) is 16.0 Å². The quantitative estimate of drug-likeness (QED) is 0.112. The molecule has 1 aromatic carbocycles. The second-order valence-electron chi connectivity index (χ2n) is 8.55. The van der Waals surface area contributed by atoms with E-state index in [1.165, 1.54) is 11.8 Å². The Hall–Kier alpha value is -3.16. The highest BCUT2D eigenvalue weighted by Crippen LogP contribution is 2.08. The number of hydrogen-bond acceptors (Lipinski definition) is 8. The van der Waals surface area contributed by atoms with Crippen LogP contribution in [-0.2, 0) is 30.4 Å². The van der Waals surface area contributed by atoms with Crippen molar-refractivity contribution >= 4 is 41.4 Å². The molecular weight excluding hydrogens is 500 g/mol. The number of hydrogen-bond donors (Lipinski definition) is 7. The predicted molar refractivity (Wildman–Crippen MR) is 141 cm³/mol. The summed E-state index contributed by atoms with van der Waals surface area (Å²) >= 11 is 1.48. The van der Waals surface area contributed by atoms with Gasteiger partial charge in [-0.1, -0.05) is 30.3 Å². The number of carbonyl (C=O) groups excluding carboxylic acids is 4. The molecule has 0 aliphatic carbocycles. The largest absolute Gasteiger partial charge is 0.480 e. The first kappa shape index (κ1) is 31.9. The van der Waals surface area contributed by atoms with Crippen molar-refractivity contribution in [1.29, 1.82) is 0 Å². The number of rotatable bonds is 18. The minimum atomic E-state index is -1.54. The van der Waals surface area contributed by atoms with Crippen molar-refractivity contribution in [3.8, 4) is 0 Å². The molecule has 0 heterocycles. The molecule has 0 aliphatic rings. The molecule has 0 bridgehead atoms. The minimum absolute atomic E-state index is 0.175. The van der Waals surface area contributed by atoms with Gasteiger partial charge >= 0.3 is 5.97 Å². The van der Waals surface area contributed by atoms with E-state index in [0.717, 1.165) is 5.56 Å². The predicted octanol–water partition coefficient (Wildman–Crippen LogP) is -1.15. The number of benzene rings is 1. The van der Waals surface area contributed by atoms with Crippen LogP contribution in [0.1, 0.15) is 37.7 Å². The standard InChI is InChI=1S/C24H38N6O6S/c1-37-12-10-18(28-21(32)16(26)13-15-7-3-2-4-8-15)23(34)29-17(9-5-6-11-25)22(33)30-19(24(35)36)14-20(27)31/h2-4,7-8,16-19H,5-6,9-14,25-26H2,1H3,(H2,27,31)(H,28,32)(H,29,34)(H,30,33)(H,35,36). The number of primary amides is 1. The van der Waals surface area contributed by atoms with Crippen LogP contribution in [0.5, 0.6) is 0 Å². The van der Waals surface area contributed by atoms with Crippen LogP contribution in [0.3, 0.4) is 0 Å². The summed E-state index contributed by atoms with van der Waals surface area (Å²) in [4.78, 5) is 61.4. The van der Waals surface area contributed by atoms with Crippen molar-refractivity contribution in [3.05, 3.63) is 35.9 Å². The Bertz CT molecular complexity index is 903. The first-order valence-corrected chi connectivity index (χ1v) is 13.4. The van der Waals surface area contributed by atoms with Gasteiger partial charge in [0.15, 0.2) is 0 Å². The van der Waals surface area contributed by atoms with Crippen molar-refractivity contribution < 1.29 is 29.1 Å². The highest BCUT2D eigenvalue weighted by atomic mass is 32.2. The lowest BCUT2D eigenvalue weighted by Crippen LogP contribution is -2.57. The Morgan fingerprint density at radius 1 is 0.892 bits per heavy atom. The molecule has 1 rings (SSSR count). The Morgan fingerprint density at radius 3 is 2.00 bits per heavy atom. The average molecular weight is 539 g/mol. The summed E-state index contributed by atoms with van der Waals surface area (Å²) in [5.41, 5.74) is 17.5. The molecule has 0 fully saturated rings. The molecular formula is C24H38N6O6S. The number of aliphatic carboxylic acids is 1. The molecule has 13 heteroatoms. The molecule has 0 aliphatic heterocycles. The van der Waals surface area contributed by atoms with Crippen LogP contribution in [0.2, 0.25) is 0 Å². The fourth-order valence-electron chi connectivity index (χ4n) is 3.45. The van der Waals surface area contributed by atoms with Crippen molar-refractivity contribution in [2.75, 3.05) is 18.6 Å². The van der Waals surface area contributed by atoms with E-state index in [1.54, 1.807) is 0 Å². The number of nitrogens with two attached hydrogens (primary N) is 3. The lowest BCUT2D eigenvalue weighted by Gasteiger charge is -2.25. The summed E-state index contributed by atoms with van der Waals surface area (Å²) in [6, 6.07) is 4.71. The molecule has 37 heavy (non-hydrogen) atoms. The zero-order valence-electron chi connectivity index (χ0n) is 21.0. The van der Waals surface area contributed by atoms with E-state index in [-0.39, 0.29) is 19.3 Å². The maximum absolute atomic E-state index is 13.1. The third-order valence-corrected chi connectivity index (χ3v) is 6.12. The van der Waals surface area contributed by atoms with Gasteiger partial charge in [0.1, 0.15) is 18.1 Å². The van der Waals surface area contributed by atoms with Crippen molar-refractivity contribution in [2.45, 2.75) is 62.7 Å². The van der Waals surface area contributed by atoms with E-state index in [1.807, 2.05) is 36.6 Å². The SMILES string of the molecule is CSCCC(NC(=O)C(N)Cc1ccccc1)C(=O)NC(CCCCN)C(=O)NC(CC(N)=O)C(=O)O. The van der Waals surface area contributed by atoms with E-state index in [2.05, 4.69) is 16.0 Å². The summed E-state index contributed by atoms with van der Waals surface area (Å²) in [7, 11) is 0. The van der Waals surface area contributed by atoms with Gasteiger partial charge in [-0.2, -0.15) is 11.8 Å². The Labute approximate surface area is 220 Å². The van der Waals surface area contributed by atoms with Crippen LogP contribution in [0.25, 0.3) is 0 Å². The normalized spacial score (nSPS) is 14.0. The molecule has 1 aromatic rings. The average Bonchev–Trinajstić information content (AvgIpc) is 2.85. The number of carboxylic acids is 1. The molecule has 0 radical (unpaired) electrons. The van der Waals surface area contributed by atoms with Crippen LogP contribution in [0, 0.1) is 0 Å². The minimum Gasteiger partial charge on any atom is -0.480 e. The van der Waals surface area contributed by atoms with E-state index >= 15 is 0 Å². The van der Waals surface area contributed by atoms with Gasteiger partial charge in [0.2, 0.25) is 23.6 Å². The summed E-state index contributed by atoms with van der Waals surface area (Å²) in [6.07, 6.45) is 3.05. The monoisotopic (exact) mass is 538 g/mol. The van der Waals surface area contributed by atoms with Crippen LogP contribution < -0.4 is 33.2 Å².